The highest BCUT2D eigenvalue weighted by Gasteiger charge is 2.16. The Hall–Kier alpha value is -2.02. The normalized spacial score (nSPS) is 16.4. The maximum absolute atomic E-state index is 9.00. The highest BCUT2D eigenvalue weighted by atomic mass is 15.3. The van der Waals surface area contributed by atoms with Crippen molar-refractivity contribution in [2.45, 2.75) is 44.7 Å². The first kappa shape index (κ1) is 12.0. The summed E-state index contributed by atoms with van der Waals surface area (Å²) in [5.74, 6) is 0. The Bertz CT molecular complexity index is 581. The molecule has 1 fully saturated rings. The Balaban J connectivity index is 1.73. The molecule has 0 radical (unpaired) electrons. The molecule has 0 saturated heterocycles. The quantitative estimate of drug-likeness (QED) is 0.845. The molecule has 0 N–H and O–H groups in total. The lowest BCUT2D eigenvalue weighted by Crippen LogP contribution is -2.13. The fourth-order valence-electron chi connectivity index (χ4n) is 2.84. The summed E-state index contributed by atoms with van der Waals surface area (Å²) in [6, 6.07) is 8.56. The van der Waals surface area contributed by atoms with E-state index < -0.39 is 0 Å². The summed E-state index contributed by atoms with van der Waals surface area (Å²) in [6.07, 6.45) is 10.5. The molecule has 0 atom stereocenters. The second kappa shape index (κ2) is 5.31. The summed E-state index contributed by atoms with van der Waals surface area (Å²) in [5.41, 5.74) is 1.71. The fourth-order valence-corrected chi connectivity index (χ4v) is 2.84. The molecule has 0 amide bonds. The number of nitrogens with zero attached hydrogens (tertiary/aromatic N) is 4. The van der Waals surface area contributed by atoms with Gasteiger partial charge in [0.15, 0.2) is 0 Å². The van der Waals surface area contributed by atoms with E-state index in [4.69, 9.17) is 5.26 Å². The molecule has 0 unspecified atom stereocenters. The lowest BCUT2D eigenvalue weighted by molar-refractivity contribution is 0.328. The molecule has 4 nitrogen and oxygen atoms in total. The Morgan fingerprint density at radius 2 is 2.05 bits per heavy atom. The summed E-state index contributed by atoms with van der Waals surface area (Å²) in [4.78, 5) is 0. The molecule has 98 valence electrons. The summed E-state index contributed by atoms with van der Waals surface area (Å²) >= 11 is 0. The van der Waals surface area contributed by atoms with Gasteiger partial charge in [-0.2, -0.15) is 10.4 Å². The van der Waals surface area contributed by atoms with Crippen LogP contribution in [0, 0.1) is 11.3 Å². The molecule has 2 aromatic heterocycles. The molecular weight excluding hydrogens is 236 g/mol. The molecular formula is C15H18N4. The first-order valence-electron chi connectivity index (χ1n) is 6.96. The molecule has 0 spiro atoms. The van der Waals surface area contributed by atoms with Crippen LogP contribution < -0.4 is 0 Å². The standard InChI is InChI=1S/C15H18N4/c16-11-15-7-4-9-18(15)12-13-8-10-19(17-13)14-5-2-1-3-6-14/h4,7-10,14H,1-3,5-6,12H2. The van der Waals surface area contributed by atoms with E-state index in [2.05, 4.69) is 28.1 Å². The van der Waals surface area contributed by atoms with Gasteiger partial charge in [-0.15, -0.1) is 0 Å². The van der Waals surface area contributed by atoms with Gasteiger partial charge in [-0.3, -0.25) is 4.68 Å². The van der Waals surface area contributed by atoms with Gasteiger partial charge in [0, 0.05) is 12.4 Å². The average Bonchev–Trinajstić information content (AvgIpc) is 3.09. The van der Waals surface area contributed by atoms with Crippen molar-refractivity contribution < 1.29 is 0 Å². The maximum atomic E-state index is 9.00. The summed E-state index contributed by atoms with van der Waals surface area (Å²) in [5, 5.41) is 13.7. The Labute approximate surface area is 113 Å². The van der Waals surface area contributed by atoms with E-state index in [0.29, 0.717) is 18.3 Å². The van der Waals surface area contributed by atoms with Crippen molar-refractivity contribution in [1.82, 2.24) is 14.3 Å². The second-order valence-corrected chi connectivity index (χ2v) is 5.21. The van der Waals surface area contributed by atoms with Gasteiger partial charge in [-0.1, -0.05) is 19.3 Å². The minimum absolute atomic E-state index is 0.572. The minimum atomic E-state index is 0.572. The molecule has 2 heterocycles. The van der Waals surface area contributed by atoms with Gasteiger partial charge in [0.1, 0.15) is 11.8 Å². The summed E-state index contributed by atoms with van der Waals surface area (Å²) in [6.45, 7) is 0.676. The average molecular weight is 254 g/mol. The van der Waals surface area contributed by atoms with E-state index in [1.807, 2.05) is 22.9 Å². The smallest absolute Gasteiger partial charge is 0.120 e. The monoisotopic (exact) mass is 254 g/mol. The molecule has 2 aromatic rings. The predicted octanol–water partition coefficient (Wildman–Crippen LogP) is 3.11. The predicted molar refractivity (Wildman–Crippen MR) is 72.6 cm³/mol. The number of rotatable bonds is 3. The van der Waals surface area contributed by atoms with Crippen LogP contribution in [0.3, 0.4) is 0 Å². The van der Waals surface area contributed by atoms with Crippen molar-refractivity contribution in [2.75, 3.05) is 0 Å². The van der Waals surface area contributed by atoms with E-state index in [-0.39, 0.29) is 0 Å². The molecule has 0 aromatic carbocycles. The van der Waals surface area contributed by atoms with Crippen molar-refractivity contribution in [3.8, 4) is 6.07 Å². The topological polar surface area (TPSA) is 46.5 Å². The first-order valence-corrected chi connectivity index (χ1v) is 6.96. The van der Waals surface area contributed by atoms with Crippen molar-refractivity contribution in [2.24, 2.45) is 0 Å². The van der Waals surface area contributed by atoms with E-state index in [9.17, 15) is 0 Å². The molecule has 19 heavy (non-hydrogen) atoms. The zero-order chi connectivity index (χ0) is 13.1. The van der Waals surface area contributed by atoms with Crippen LogP contribution >= 0.6 is 0 Å². The maximum Gasteiger partial charge on any atom is 0.120 e. The van der Waals surface area contributed by atoms with Crippen molar-refractivity contribution in [3.05, 3.63) is 42.0 Å². The van der Waals surface area contributed by atoms with E-state index in [1.54, 1.807) is 0 Å². The van der Waals surface area contributed by atoms with Gasteiger partial charge < -0.3 is 4.57 Å². The highest BCUT2D eigenvalue weighted by molar-refractivity contribution is 5.23. The number of aromatic nitrogens is 3. The van der Waals surface area contributed by atoms with E-state index in [0.717, 1.165) is 5.69 Å². The van der Waals surface area contributed by atoms with Gasteiger partial charge in [-0.05, 0) is 31.0 Å². The Morgan fingerprint density at radius 3 is 2.84 bits per heavy atom. The zero-order valence-corrected chi connectivity index (χ0v) is 11.0. The van der Waals surface area contributed by atoms with Crippen LogP contribution in [0.15, 0.2) is 30.6 Å². The third kappa shape index (κ3) is 2.55. The fraction of sp³-hybridized carbons (Fsp3) is 0.467. The van der Waals surface area contributed by atoms with Crippen LogP contribution in [0.2, 0.25) is 0 Å². The summed E-state index contributed by atoms with van der Waals surface area (Å²) < 4.78 is 4.05. The van der Waals surface area contributed by atoms with Crippen molar-refractivity contribution >= 4 is 0 Å². The van der Waals surface area contributed by atoms with Crippen LogP contribution in [0.25, 0.3) is 0 Å². The van der Waals surface area contributed by atoms with Crippen LogP contribution in [-0.2, 0) is 6.54 Å². The minimum Gasteiger partial charge on any atom is -0.333 e. The molecule has 3 rings (SSSR count). The third-order valence-corrected chi connectivity index (χ3v) is 3.89. The number of nitriles is 1. The van der Waals surface area contributed by atoms with Gasteiger partial charge in [0.2, 0.25) is 0 Å². The third-order valence-electron chi connectivity index (χ3n) is 3.89. The van der Waals surface area contributed by atoms with Crippen LogP contribution in [0.1, 0.15) is 49.5 Å². The lowest BCUT2D eigenvalue weighted by atomic mass is 9.96. The molecule has 1 aliphatic rings. The van der Waals surface area contributed by atoms with Crippen LogP contribution in [-0.4, -0.2) is 14.3 Å². The SMILES string of the molecule is N#Cc1cccn1Cc1ccn(C2CCCCC2)n1. The largest absolute Gasteiger partial charge is 0.333 e. The first-order chi connectivity index (χ1) is 9.36. The number of hydrogen-bond acceptors (Lipinski definition) is 2. The van der Waals surface area contributed by atoms with Gasteiger partial charge in [0.25, 0.3) is 0 Å². The van der Waals surface area contributed by atoms with E-state index >= 15 is 0 Å². The Kier molecular flexibility index (Phi) is 3.37. The van der Waals surface area contributed by atoms with Gasteiger partial charge in [-0.25, -0.2) is 0 Å². The van der Waals surface area contributed by atoms with Crippen LogP contribution in [0.4, 0.5) is 0 Å². The van der Waals surface area contributed by atoms with Crippen molar-refractivity contribution in [1.29, 1.82) is 5.26 Å². The zero-order valence-electron chi connectivity index (χ0n) is 11.0. The second-order valence-electron chi connectivity index (χ2n) is 5.21. The molecule has 1 aliphatic carbocycles. The number of hydrogen-bond donors (Lipinski definition) is 0. The highest BCUT2D eigenvalue weighted by Crippen LogP contribution is 2.27. The molecule has 4 heteroatoms. The Morgan fingerprint density at radius 1 is 1.21 bits per heavy atom. The van der Waals surface area contributed by atoms with E-state index in [1.165, 1.54) is 32.1 Å². The van der Waals surface area contributed by atoms with Gasteiger partial charge >= 0.3 is 0 Å². The van der Waals surface area contributed by atoms with Gasteiger partial charge in [0.05, 0.1) is 18.3 Å². The van der Waals surface area contributed by atoms with Crippen molar-refractivity contribution in [3.63, 3.8) is 0 Å². The molecule has 0 aliphatic heterocycles. The molecule has 0 bridgehead atoms. The molecule has 1 saturated carbocycles. The van der Waals surface area contributed by atoms with Crippen LogP contribution in [0.5, 0.6) is 0 Å². The lowest BCUT2D eigenvalue weighted by Gasteiger charge is -2.21. The summed E-state index contributed by atoms with van der Waals surface area (Å²) in [7, 11) is 0.